The first-order valence-electron chi connectivity index (χ1n) is 9.12. The lowest BCUT2D eigenvalue weighted by atomic mass is 10.1. The summed E-state index contributed by atoms with van der Waals surface area (Å²) in [4.78, 5) is 9.80. The predicted molar refractivity (Wildman–Crippen MR) is 106 cm³/mol. The highest BCUT2D eigenvalue weighted by atomic mass is 35.5. The lowest BCUT2D eigenvalue weighted by molar-refractivity contribution is 0.583. The Morgan fingerprint density at radius 3 is 2.48 bits per heavy atom. The molecule has 4 heteroatoms. The number of aromatic nitrogens is 3. The van der Waals surface area contributed by atoms with Crippen LogP contribution in [0.3, 0.4) is 0 Å². The van der Waals surface area contributed by atoms with E-state index in [1.165, 1.54) is 31.2 Å². The number of nitrogens with zero attached hydrogens (tertiary/aromatic N) is 3. The molecule has 3 nitrogen and oxygen atoms in total. The number of hydrogen-bond acceptors (Lipinski definition) is 2. The molecule has 4 aromatic rings. The number of rotatable bonds is 6. The molecule has 2 aromatic carbocycles. The van der Waals surface area contributed by atoms with Crippen LogP contribution in [-0.2, 0) is 6.54 Å². The molecule has 0 atom stereocenters. The molecule has 2 heterocycles. The Kier molecular flexibility index (Phi) is 4.58. The van der Waals surface area contributed by atoms with Crippen molar-refractivity contribution < 1.29 is 0 Å². The second-order valence-corrected chi connectivity index (χ2v) is 7.05. The minimum Gasteiger partial charge on any atom is -0.324 e. The molecule has 4 rings (SSSR count). The van der Waals surface area contributed by atoms with Gasteiger partial charge in [-0.1, -0.05) is 56.3 Å². The molecule has 0 saturated heterocycles. The fourth-order valence-corrected chi connectivity index (χ4v) is 3.68. The van der Waals surface area contributed by atoms with Gasteiger partial charge in [0.1, 0.15) is 5.52 Å². The highest BCUT2D eigenvalue weighted by Gasteiger charge is 2.14. The Balaban J connectivity index is 1.84. The topological polar surface area (TPSA) is 30.7 Å². The molecular weight excluding hydrogens is 330 g/mol. The minimum absolute atomic E-state index is 0.740. The van der Waals surface area contributed by atoms with E-state index in [0.717, 1.165) is 45.6 Å². The van der Waals surface area contributed by atoms with Crippen LogP contribution in [0.5, 0.6) is 0 Å². The summed E-state index contributed by atoms with van der Waals surface area (Å²) < 4.78 is 2.31. The number of halogens is 1. The zero-order valence-corrected chi connectivity index (χ0v) is 15.3. The summed E-state index contributed by atoms with van der Waals surface area (Å²) >= 11 is 6.25. The molecule has 0 aliphatic carbocycles. The summed E-state index contributed by atoms with van der Waals surface area (Å²) in [5.41, 5.74) is 4.95. The van der Waals surface area contributed by atoms with Crippen molar-refractivity contribution in [3.63, 3.8) is 0 Å². The molecule has 0 fully saturated rings. The quantitative estimate of drug-likeness (QED) is 0.378. The van der Waals surface area contributed by atoms with Crippen molar-refractivity contribution in [2.75, 3.05) is 0 Å². The first-order valence-corrected chi connectivity index (χ1v) is 9.50. The van der Waals surface area contributed by atoms with Gasteiger partial charge in [-0.25, -0.2) is 9.97 Å². The average Bonchev–Trinajstić information content (AvgIpc) is 2.92. The van der Waals surface area contributed by atoms with Crippen LogP contribution in [0.15, 0.2) is 42.5 Å². The third kappa shape index (κ3) is 3.09. The van der Waals surface area contributed by atoms with Crippen LogP contribution in [0.4, 0.5) is 0 Å². The molecule has 0 unspecified atom stereocenters. The van der Waals surface area contributed by atoms with E-state index in [9.17, 15) is 0 Å². The lowest BCUT2D eigenvalue weighted by Gasteiger charge is -2.07. The molecule has 0 aliphatic rings. The van der Waals surface area contributed by atoms with E-state index >= 15 is 0 Å². The zero-order chi connectivity index (χ0) is 17.2. The smallest absolute Gasteiger partial charge is 0.160 e. The van der Waals surface area contributed by atoms with Gasteiger partial charge in [0, 0.05) is 17.0 Å². The molecule has 128 valence electrons. The first kappa shape index (κ1) is 16.3. The second kappa shape index (κ2) is 7.01. The number of fused-ring (bicyclic) bond motifs is 4. The monoisotopic (exact) mass is 351 g/mol. The summed E-state index contributed by atoms with van der Waals surface area (Å²) in [6.07, 6.45) is 6.30. The van der Waals surface area contributed by atoms with E-state index in [1.54, 1.807) is 0 Å². The zero-order valence-electron chi connectivity index (χ0n) is 14.5. The van der Waals surface area contributed by atoms with E-state index in [4.69, 9.17) is 21.6 Å². The van der Waals surface area contributed by atoms with Crippen LogP contribution < -0.4 is 0 Å². The molecule has 0 bridgehead atoms. The van der Waals surface area contributed by atoms with Gasteiger partial charge < -0.3 is 4.57 Å². The second-order valence-electron chi connectivity index (χ2n) is 6.61. The Morgan fingerprint density at radius 1 is 0.920 bits per heavy atom. The van der Waals surface area contributed by atoms with Crippen molar-refractivity contribution in [3.8, 4) is 0 Å². The number of para-hydroxylation sites is 2. The van der Waals surface area contributed by atoms with Gasteiger partial charge in [0.2, 0.25) is 0 Å². The van der Waals surface area contributed by atoms with E-state index in [0.29, 0.717) is 0 Å². The summed E-state index contributed by atoms with van der Waals surface area (Å²) in [6.45, 7) is 3.22. The fourth-order valence-electron chi connectivity index (χ4n) is 3.51. The molecule has 2 aromatic heterocycles. The average molecular weight is 352 g/mol. The lowest BCUT2D eigenvalue weighted by Crippen LogP contribution is -2.00. The third-order valence-corrected chi connectivity index (χ3v) is 5.03. The Labute approximate surface area is 152 Å². The van der Waals surface area contributed by atoms with Crippen molar-refractivity contribution in [2.24, 2.45) is 0 Å². The van der Waals surface area contributed by atoms with Crippen molar-refractivity contribution in [3.05, 3.63) is 47.5 Å². The SMILES string of the molecule is CCCCCCCn1c2ccc(Cl)cc2c2nc3ccccc3nc21. The standard InChI is InChI=1S/C21H22ClN3/c1-2-3-4-5-8-13-25-19-12-11-15(22)14-16(19)20-21(25)24-18-10-7-6-9-17(18)23-20/h6-7,9-12,14H,2-5,8,13H2,1H3. The number of aryl methyl sites for hydroxylation is 1. The molecule has 0 N–H and O–H groups in total. The van der Waals surface area contributed by atoms with Crippen molar-refractivity contribution >= 4 is 44.7 Å². The Bertz CT molecular complexity index is 1040. The molecule has 0 spiro atoms. The van der Waals surface area contributed by atoms with Crippen LogP contribution in [0.1, 0.15) is 39.0 Å². The molecule has 25 heavy (non-hydrogen) atoms. The van der Waals surface area contributed by atoms with Gasteiger partial charge in [-0.2, -0.15) is 0 Å². The van der Waals surface area contributed by atoms with Gasteiger partial charge in [0.15, 0.2) is 5.65 Å². The number of hydrogen-bond donors (Lipinski definition) is 0. The predicted octanol–water partition coefficient (Wildman–Crippen LogP) is 6.36. The van der Waals surface area contributed by atoms with Gasteiger partial charge >= 0.3 is 0 Å². The third-order valence-electron chi connectivity index (χ3n) is 4.80. The minimum atomic E-state index is 0.740. The normalized spacial score (nSPS) is 11.8. The fraction of sp³-hybridized carbons (Fsp3) is 0.333. The van der Waals surface area contributed by atoms with Gasteiger partial charge in [-0.15, -0.1) is 0 Å². The maximum atomic E-state index is 6.25. The van der Waals surface area contributed by atoms with Crippen molar-refractivity contribution in [1.82, 2.24) is 14.5 Å². The van der Waals surface area contributed by atoms with Gasteiger partial charge in [0.05, 0.1) is 16.6 Å². The first-order chi connectivity index (χ1) is 12.3. The maximum absolute atomic E-state index is 6.25. The summed E-state index contributed by atoms with van der Waals surface area (Å²) in [7, 11) is 0. The van der Waals surface area contributed by atoms with Crippen molar-refractivity contribution in [1.29, 1.82) is 0 Å². The van der Waals surface area contributed by atoms with Gasteiger partial charge in [-0.3, -0.25) is 0 Å². The van der Waals surface area contributed by atoms with Gasteiger partial charge in [-0.05, 0) is 36.8 Å². The Morgan fingerprint density at radius 2 is 1.68 bits per heavy atom. The maximum Gasteiger partial charge on any atom is 0.160 e. The molecule has 0 radical (unpaired) electrons. The van der Waals surface area contributed by atoms with Crippen LogP contribution in [0.25, 0.3) is 33.1 Å². The summed E-state index contributed by atoms with van der Waals surface area (Å²) in [6, 6.07) is 14.1. The molecule has 0 aliphatic heterocycles. The van der Waals surface area contributed by atoms with E-state index in [1.807, 2.05) is 36.4 Å². The van der Waals surface area contributed by atoms with Crippen molar-refractivity contribution in [2.45, 2.75) is 45.6 Å². The summed E-state index contributed by atoms with van der Waals surface area (Å²) in [5.74, 6) is 0. The number of unbranched alkanes of at least 4 members (excludes halogenated alkanes) is 4. The van der Waals surface area contributed by atoms with Crippen LogP contribution in [-0.4, -0.2) is 14.5 Å². The van der Waals surface area contributed by atoms with Crippen LogP contribution in [0.2, 0.25) is 5.02 Å². The van der Waals surface area contributed by atoms with Gasteiger partial charge in [0.25, 0.3) is 0 Å². The van der Waals surface area contributed by atoms with E-state index in [2.05, 4.69) is 17.6 Å². The van der Waals surface area contributed by atoms with E-state index < -0.39 is 0 Å². The number of benzene rings is 2. The highest BCUT2D eigenvalue weighted by Crippen LogP contribution is 2.30. The highest BCUT2D eigenvalue weighted by molar-refractivity contribution is 6.31. The largest absolute Gasteiger partial charge is 0.324 e. The summed E-state index contributed by atoms with van der Waals surface area (Å²) in [5, 5.41) is 1.83. The van der Waals surface area contributed by atoms with Crippen LogP contribution in [0, 0.1) is 0 Å². The Hall–Kier alpha value is -2.13. The molecular formula is C21H22ClN3. The van der Waals surface area contributed by atoms with Crippen LogP contribution >= 0.6 is 11.6 Å². The van der Waals surface area contributed by atoms with E-state index in [-0.39, 0.29) is 0 Å². The molecule has 0 saturated carbocycles. The molecule has 0 amide bonds.